The third-order valence-corrected chi connectivity index (χ3v) is 7.57. The fraction of sp³-hybridized carbons (Fsp3) is 0.500. The molecular formula is C28H34N6O5. The number of oxazole rings is 1. The largest absolute Gasteiger partial charge is 0.467 e. The first kappa shape index (κ1) is 26.6. The van der Waals surface area contributed by atoms with Crippen molar-refractivity contribution in [3.05, 3.63) is 42.0 Å². The van der Waals surface area contributed by atoms with Crippen LogP contribution in [0.3, 0.4) is 0 Å². The fourth-order valence-corrected chi connectivity index (χ4v) is 5.13. The van der Waals surface area contributed by atoms with Crippen LogP contribution in [0.25, 0.3) is 22.8 Å². The lowest BCUT2D eigenvalue weighted by atomic mass is 9.85. The smallest absolute Gasteiger partial charge is 0.328 e. The van der Waals surface area contributed by atoms with Crippen LogP contribution in [0.15, 0.2) is 34.9 Å². The molecule has 39 heavy (non-hydrogen) atoms. The first-order chi connectivity index (χ1) is 18.9. The number of hydrogen-bond acceptors (Lipinski definition) is 8. The van der Waals surface area contributed by atoms with E-state index in [1.54, 1.807) is 18.2 Å². The van der Waals surface area contributed by atoms with Gasteiger partial charge in [0.2, 0.25) is 17.5 Å². The number of H-pyrrole nitrogens is 1. The van der Waals surface area contributed by atoms with Crippen LogP contribution >= 0.6 is 0 Å². The minimum atomic E-state index is -0.744. The topological polar surface area (TPSA) is 152 Å². The maximum absolute atomic E-state index is 12.9. The van der Waals surface area contributed by atoms with E-state index in [-0.39, 0.29) is 29.4 Å². The number of rotatable bonds is 10. The summed E-state index contributed by atoms with van der Waals surface area (Å²) in [4.78, 5) is 46.4. The van der Waals surface area contributed by atoms with Crippen LogP contribution in [0.5, 0.6) is 0 Å². The van der Waals surface area contributed by atoms with Crippen molar-refractivity contribution in [1.29, 1.82) is 0 Å². The molecule has 2 heterocycles. The molecule has 2 aromatic heterocycles. The first-order valence-electron chi connectivity index (χ1n) is 13.6. The molecule has 3 aromatic rings. The van der Waals surface area contributed by atoms with Crippen molar-refractivity contribution < 1.29 is 23.5 Å². The SMILES string of the molecule is COC(=O)C(CC1CCCCC1)NC(=O)c1cnc(-c2cccc(-c3n[nH]c(C(=O)NC(C)C4CC4)n3)c2)o1. The Kier molecular flexibility index (Phi) is 8.04. The van der Waals surface area contributed by atoms with Crippen molar-refractivity contribution in [3.8, 4) is 22.8 Å². The van der Waals surface area contributed by atoms with Crippen LogP contribution in [-0.2, 0) is 9.53 Å². The van der Waals surface area contributed by atoms with Crippen molar-refractivity contribution in [1.82, 2.24) is 30.8 Å². The van der Waals surface area contributed by atoms with Gasteiger partial charge in [-0.25, -0.2) is 14.8 Å². The lowest BCUT2D eigenvalue weighted by molar-refractivity contribution is -0.143. The molecule has 1 aromatic carbocycles. The summed E-state index contributed by atoms with van der Waals surface area (Å²) in [6.07, 6.45) is 9.71. The van der Waals surface area contributed by atoms with Crippen molar-refractivity contribution in [3.63, 3.8) is 0 Å². The Hall–Kier alpha value is -4.02. The van der Waals surface area contributed by atoms with Gasteiger partial charge in [0.25, 0.3) is 11.8 Å². The molecule has 0 saturated heterocycles. The minimum Gasteiger partial charge on any atom is -0.467 e. The van der Waals surface area contributed by atoms with E-state index < -0.39 is 17.9 Å². The second kappa shape index (κ2) is 11.8. The van der Waals surface area contributed by atoms with Gasteiger partial charge in [-0.3, -0.25) is 14.7 Å². The Morgan fingerprint density at radius 3 is 2.59 bits per heavy atom. The van der Waals surface area contributed by atoms with E-state index in [1.165, 1.54) is 19.7 Å². The average molecular weight is 535 g/mol. The highest BCUT2D eigenvalue weighted by Gasteiger charge is 2.30. The zero-order chi connectivity index (χ0) is 27.4. The molecule has 2 saturated carbocycles. The predicted octanol–water partition coefficient (Wildman–Crippen LogP) is 3.90. The van der Waals surface area contributed by atoms with Gasteiger partial charge in [-0.2, -0.15) is 5.10 Å². The Labute approximate surface area is 226 Å². The van der Waals surface area contributed by atoms with Gasteiger partial charge in [0.15, 0.2) is 5.82 Å². The molecule has 2 amide bonds. The molecule has 2 atom stereocenters. The molecule has 206 valence electrons. The van der Waals surface area contributed by atoms with Gasteiger partial charge in [0.05, 0.1) is 13.3 Å². The number of amides is 2. The Morgan fingerprint density at radius 1 is 1.08 bits per heavy atom. The predicted molar refractivity (Wildman–Crippen MR) is 141 cm³/mol. The molecule has 0 radical (unpaired) electrons. The number of nitrogens with zero attached hydrogens (tertiary/aromatic N) is 3. The van der Waals surface area contributed by atoms with E-state index in [0.717, 1.165) is 38.5 Å². The zero-order valence-corrected chi connectivity index (χ0v) is 22.2. The summed E-state index contributed by atoms with van der Waals surface area (Å²) in [7, 11) is 1.32. The first-order valence-corrected chi connectivity index (χ1v) is 13.6. The Bertz CT molecular complexity index is 1320. The summed E-state index contributed by atoms with van der Waals surface area (Å²) in [5, 5.41) is 12.6. The highest BCUT2D eigenvalue weighted by Crippen LogP contribution is 2.32. The van der Waals surface area contributed by atoms with Gasteiger partial charge in [0.1, 0.15) is 6.04 Å². The van der Waals surface area contributed by atoms with Crippen molar-refractivity contribution >= 4 is 17.8 Å². The molecule has 0 aliphatic heterocycles. The molecule has 2 aliphatic carbocycles. The average Bonchev–Trinajstić information content (AvgIpc) is 3.48. The quantitative estimate of drug-likeness (QED) is 0.331. The second-order valence-electron chi connectivity index (χ2n) is 10.5. The van der Waals surface area contributed by atoms with Crippen LogP contribution in [0, 0.1) is 11.8 Å². The summed E-state index contributed by atoms with van der Waals surface area (Å²) in [6, 6.07) is 6.51. The molecule has 0 bridgehead atoms. The van der Waals surface area contributed by atoms with Crippen LogP contribution in [0.1, 0.15) is 79.5 Å². The number of methoxy groups -OCH3 is 1. The van der Waals surface area contributed by atoms with Crippen LogP contribution < -0.4 is 10.6 Å². The van der Waals surface area contributed by atoms with Crippen molar-refractivity contribution in [2.75, 3.05) is 7.11 Å². The third-order valence-electron chi connectivity index (χ3n) is 7.57. The third kappa shape index (κ3) is 6.52. The van der Waals surface area contributed by atoms with Gasteiger partial charge in [0, 0.05) is 17.2 Å². The molecule has 2 unspecified atom stereocenters. The number of carbonyl (C=O) groups is 3. The van der Waals surface area contributed by atoms with Gasteiger partial charge in [-0.1, -0.05) is 44.2 Å². The summed E-state index contributed by atoms with van der Waals surface area (Å²) in [5.74, 6) is 0.348. The molecule has 3 N–H and O–H groups in total. The number of ether oxygens (including phenoxy) is 1. The minimum absolute atomic E-state index is 0.00501. The molecular weight excluding hydrogens is 500 g/mol. The number of nitrogens with one attached hydrogen (secondary N) is 3. The molecule has 11 nitrogen and oxygen atoms in total. The van der Waals surface area contributed by atoms with E-state index in [9.17, 15) is 14.4 Å². The monoisotopic (exact) mass is 534 g/mol. The number of benzene rings is 1. The molecule has 0 spiro atoms. The maximum Gasteiger partial charge on any atom is 0.328 e. The summed E-state index contributed by atoms with van der Waals surface area (Å²) in [5.41, 5.74) is 1.26. The number of aromatic nitrogens is 4. The van der Waals surface area contributed by atoms with Gasteiger partial charge in [-0.05, 0) is 50.2 Å². The normalized spacial score (nSPS) is 17.3. The fourth-order valence-electron chi connectivity index (χ4n) is 5.13. The van der Waals surface area contributed by atoms with E-state index in [0.29, 0.717) is 35.2 Å². The summed E-state index contributed by atoms with van der Waals surface area (Å²) >= 11 is 0. The van der Waals surface area contributed by atoms with E-state index in [2.05, 4.69) is 30.8 Å². The summed E-state index contributed by atoms with van der Waals surface area (Å²) < 4.78 is 10.7. The van der Waals surface area contributed by atoms with Crippen LogP contribution in [-0.4, -0.2) is 57.1 Å². The van der Waals surface area contributed by atoms with Crippen molar-refractivity contribution in [2.24, 2.45) is 11.8 Å². The van der Waals surface area contributed by atoms with Crippen molar-refractivity contribution in [2.45, 2.75) is 70.4 Å². The highest BCUT2D eigenvalue weighted by atomic mass is 16.5. The molecule has 2 aliphatic rings. The number of aromatic amines is 1. The molecule has 11 heteroatoms. The van der Waals surface area contributed by atoms with Gasteiger partial charge in [-0.15, -0.1) is 0 Å². The molecule has 2 fully saturated rings. The Morgan fingerprint density at radius 2 is 1.85 bits per heavy atom. The van der Waals surface area contributed by atoms with E-state index in [4.69, 9.17) is 9.15 Å². The van der Waals surface area contributed by atoms with E-state index >= 15 is 0 Å². The number of hydrogen-bond donors (Lipinski definition) is 3. The summed E-state index contributed by atoms with van der Waals surface area (Å²) in [6.45, 7) is 1.99. The van der Waals surface area contributed by atoms with Crippen LogP contribution in [0.4, 0.5) is 0 Å². The lowest BCUT2D eigenvalue weighted by Crippen LogP contribution is -2.42. The van der Waals surface area contributed by atoms with Crippen LogP contribution in [0.2, 0.25) is 0 Å². The lowest BCUT2D eigenvalue weighted by Gasteiger charge is -2.25. The zero-order valence-electron chi connectivity index (χ0n) is 22.2. The molecule has 5 rings (SSSR count). The van der Waals surface area contributed by atoms with Gasteiger partial charge >= 0.3 is 5.97 Å². The highest BCUT2D eigenvalue weighted by molar-refractivity contribution is 5.94. The maximum atomic E-state index is 12.9. The van der Waals surface area contributed by atoms with Gasteiger partial charge < -0.3 is 19.8 Å². The van der Waals surface area contributed by atoms with E-state index in [1.807, 2.05) is 13.0 Å². The number of esters is 1. The second-order valence-corrected chi connectivity index (χ2v) is 10.5. The number of carbonyl (C=O) groups excluding carboxylic acids is 3. The Balaban J connectivity index is 1.25. The standard InChI is InChI=1S/C28H34N6O5/c1-16(18-11-12-18)30-26(36)24-32-23(33-34-24)19-9-6-10-20(14-19)27-29-15-22(39-27)25(35)31-21(28(37)38-2)13-17-7-4-3-5-8-17/h6,9-10,14-18,21H,3-5,7-8,11-13H2,1-2H3,(H,30,36)(H,31,35)(H,32,33,34).